The molecule has 1 aliphatic heterocycles. The van der Waals surface area contributed by atoms with Gasteiger partial charge in [0.05, 0.1) is 6.10 Å². The van der Waals surface area contributed by atoms with Gasteiger partial charge in [0.25, 0.3) is 0 Å². The van der Waals surface area contributed by atoms with E-state index in [1.165, 1.54) is 0 Å². The van der Waals surface area contributed by atoms with Crippen molar-refractivity contribution in [1.29, 1.82) is 0 Å². The van der Waals surface area contributed by atoms with Crippen LogP contribution >= 0.6 is 0 Å². The van der Waals surface area contributed by atoms with Crippen molar-refractivity contribution in [1.82, 2.24) is 0 Å². The normalized spacial score (nSPS) is 15.6. The third-order valence-corrected chi connectivity index (χ3v) is 2.27. The lowest BCUT2D eigenvalue weighted by molar-refractivity contribution is 0.110. The molecular formula is C10H13NO3. The van der Waals surface area contributed by atoms with Crippen LogP contribution in [0.15, 0.2) is 18.2 Å². The summed E-state index contributed by atoms with van der Waals surface area (Å²) in [5.41, 5.74) is 6.58. The maximum absolute atomic E-state index is 5.56. The highest BCUT2D eigenvalue weighted by Gasteiger charge is 2.16. The van der Waals surface area contributed by atoms with Gasteiger partial charge in [-0.1, -0.05) is 6.07 Å². The Hall–Kier alpha value is -1.26. The molecule has 0 aromatic heterocycles. The zero-order chi connectivity index (χ0) is 9.97. The first-order chi connectivity index (χ1) is 6.85. The van der Waals surface area contributed by atoms with Crippen molar-refractivity contribution in [2.24, 2.45) is 5.73 Å². The summed E-state index contributed by atoms with van der Waals surface area (Å²) in [6, 6.07) is 5.72. The molecule has 2 N–H and O–H groups in total. The smallest absolute Gasteiger partial charge is 0.231 e. The Morgan fingerprint density at radius 1 is 1.43 bits per heavy atom. The number of ether oxygens (including phenoxy) is 3. The van der Waals surface area contributed by atoms with Crippen LogP contribution in [0.2, 0.25) is 0 Å². The van der Waals surface area contributed by atoms with E-state index in [-0.39, 0.29) is 6.10 Å². The summed E-state index contributed by atoms with van der Waals surface area (Å²) in [7, 11) is 1.64. The molecule has 1 aromatic rings. The number of nitrogens with two attached hydrogens (primary N) is 1. The number of methoxy groups -OCH3 is 1. The van der Waals surface area contributed by atoms with E-state index in [9.17, 15) is 0 Å². The second-order valence-corrected chi connectivity index (χ2v) is 3.07. The summed E-state index contributed by atoms with van der Waals surface area (Å²) < 4.78 is 15.7. The van der Waals surface area contributed by atoms with Crippen LogP contribution in [0.1, 0.15) is 11.7 Å². The van der Waals surface area contributed by atoms with Gasteiger partial charge in [0, 0.05) is 13.7 Å². The van der Waals surface area contributed by atoms with Crippen LogP contribution in [-0.4, -0.2) is 20.4 Å². The highest BCUT2D eigenvalue weighted by atomic mass is 16.7. The third kappa shape index (κ3) is 1.54. The minimum Gasteiger partial charge on any atom is -0.454 e. The zero-order valence-electron chi connectivity index (χ0n) is 8.03. The van der Waals surface area contributed by atoms with Crippen molar-refractivity contribution in [3.8, 4) is 11.5 Å². The van der Waals surface area contributed by atoms with Gasteiger partial charge in [0.1, 0.15) is 0 Å². The van der Waals surface area contributed by atoms with Crippen LogP contribution in [0.3, 0.4) is 0 Å². The Morgan fingerprint density at radius 3 is 2.93 bits per heavy atom. The molecule has 14 heavy (non-hydrogen) atoms. The molecule has 4 heteroatoms. The molecule has 0 bridgehead atoms. The summed E-state index contributed by atoms with van der Waals surface area (Å²) in [5.74, 6) is 1.54. The molecule has 0 fully saturated rings. The fourth-order valence-corrected chi connectivity index (χ4v) is 1.48. The Labute approximate surface area is 82.6 Å². The van der Waals surface area contributed by atoms with E-state index in [2.05, 4.69) is 0 Å². The van der Waals surface area contributed by atoms with E-state index in [0.29, 0.717) is 13.3 Å². The minimum absolute atomic E-state index is 0.0792. The largest absolute Gasteiger partial charge is 0.454 e. The molecular weight excluding hydrogens is 182 g/mol. The van der Waals surface area contributed by atoms with Crippen LogP contribution in [0.4, 0.5) is 0 Å². The van der Waals surface area contributed by atoms with Crippen LogP contribution in [0.5, 0.6) is 11.5 Å². The van der Waals surface area contributed by atoms with Gasteiger partial charge >= 0.3 is 0 Å². The second kappa shape index (κ2) is 3.86. The molecule has 1 heterocycles. The maximum Gasteiger partial charge on any atom is 0.231 e. The van der Waals surface area contributed by atoms with Crippen molar-refractivity contribution < 1.29 is 14.2 Å². The number of hydrogen-bond donors (Lipinski definition) is 1. The lowest BCUT2D eigenvalue weighted by Gasteiger charge is -2.13. The van der Waals surface area contributed by atoms with E-state index in [0.717, 1.165) is 17.1 Å². The van der Waals surface area contributed by atoms with E-state index in [1.807, 2.05) is 18.2 Å². The predicted octanol–water partition coefficient (Wildman–Crippen LogP) is 1.06. The lowest BCUT2D eigenvalue weighted by Crippen LogP contribution is -2.13. The van der Waals surface area contributed by atoms with Crippen LogP contribution in [0, 0.1) is 0 Å². The summed E-state index contributed by atoms with van der Waals surface area (Å²) in [4.78, 5) is 0. The van der Waals surface area contributed by atoms with Crippen molar-refractivity contribution >= 4 is 0 Å². The number of rotatable bonds is 3. The fourth-order valence-electron chi connectivity index (χ4n) is 1.48. The first-order valence-electron chi connectivity index (χ1n) is 4.47. The Morgan fingerprint density at radius 2 is 2.21 bits per heavy atom. The van der Waals surface area contributed by atoms with Crippen molar-refractivity contribution in [2.75, 3.05) is 20.4 Å². The predicted molar refractivity (Wildman–Crippen MR) is 51.4 cm³/mol. The number of benzene rings is 1. The second-order valence-electron chi connectivity index (χ2n) is 3.07. The topological polar surface area (TPSA) is 53.7 Å². The average molecular weight is 195 g/mol. The molecule has 0 radical (unpaired) electrons. The summed E-state index contributed by atoms with van der Waals surface area (Å²) in [5, 5.41) is 0. The number of hydrogen-bond acceptors (Lipinski definition) is 4. The molecule has 0 unspecified atom stereocenters. The first kappa shape index (κ1) is 9.30. The van der Waals surface area contributed by atoms with Crippen LogP contribution in [0.25, 0.3) is 0 Å². The van der Waals surface area contributed by atoms with Crippen LogP contribution < -0.4 is 15.2 Å². The molecule has 0 amide bonds. The van der Waals surface area contributed by atoms with Gasteiger partial charge in [0.2, 0.25) is 6.79 Å². The molecule has 4 nitrogen and oxygen atoms in total. The van der Waals surface area contributed by atoms with Gasteiger partial charge in [-0.25, -0.2) is 0 Å². The molecule has 0 saturated heterocycles. The van der Waals surface area contributed by atoms with Crippen LogP contribution in [-0.2, 0) is 4.74 Å². The van der Waals surface area contributed by atoms with Crippen molar-refractivity contribution in [3.63, 3.8) is 0 Å². The molecule has 1 aromatic carbocycles. The standard InChI is InChI=1S/C10H13NO3/c1-12-10(5-11)7-2-3-8-9(4-7)14-6-13-8/h2-4,10H,5-6,11H2,1H3/t10-/m1/s1. The van der Waals surface area contributed by atoms with Gasteiger partial charge < -0.3 is 19.9 Å². The zero-order valence-corrected chi connectivity index (χ0v) is 8.03. The molecule has 0 aliphatic carbocycles. The maximum atomic E-state index is 5.56. The lowest BCUT2D eigenvalue weighted by atomic mass is 10.1. The molecule has 0 saturated carbocycles. The number of fused-ring (bicyclic) bond motifs is 1. The molecule has 2 rings (SSSR count). The highest BCUT2D eigenvalue weighted by molar-refractivity contribution is 5.45. The molecule has 0 spiro atoms. The Kier molecular flexibility index (Phi) is 2.56. The van der Waals surface area contributed by atoms with Gasteiger partial charge in [-0.3, -0.25) is 0 Å². The van der Waals surface area contributed by atoms with E-state index < -0.39 is 0 Å². The fraction of sp³-hybridized carbons (Fsp3) is 0.400. The quantitative estimate of drug-likeness (QED) is 0.783. The summed E-state index contributed by atoms with van der Waals surface area (Å²) in [6.45, 7) is 0.745. The van der Waals surface area contributed by atoms with Crippen molar-refractivity contribution in [3.05, 3.63) is 23.8 Å². The molecule has 1 aliphatic rings. The van der Waals surface area contributed by atoms with Gasteiger partial charge in [-0.2, -0.15) is 0 Å². The Bertz CT molecular complexity index is 323. The van der Waals surface area contributed by atoms with Gasteiger partial charge in [0.15, 0.2) is 11.5 Å². The first-order valence-corrected chi connectivity index (χ1v) is 4.47. The molecule has 1 atom stereocenters. The SMILES string of the molecule is CO[C@H](CN)c1ccc2c(c1)OCO2. The highest BCUT2D eigenvalue weighted by Crippen LogP contribution is 2.34. The van der Waals surface area contributed by atoms with E-state index in [4.69, 9.17) is 19.9 Å². The van der Waals surface area contributed by atoms with Gasteiger partial charge in [-0.05, 0) is 17.7 Å². The third-order valence-electron chi connectivity index (χ3n) is 2.27. The van der Waals surface area contributed by atoms with E-state index >= 15 is 0 Å². The monoisotopic (exact) mass is 195 g/mol. The van der Waals surface area contributed by atoms with Crippen molar-refractivity contribution in [2.45, 2.75) is 6.10 Å². The Balaban J connectivity index is 2.27. The molecule has 76 valence electrons. The minimum atomic E-state index is -0.0792. The average Bonchev–Trinajstić information content (AvgIpc) is 2.66. The summed E-state index contributed by atoms with van der Waals surface area (Å²) in [6.07, 6.45) is -0.0792. The summed E-state index contributed by atoms with van der Waals surface area (Å²) >= 11 is 0. The van der Waals surface area contributed by atoms with Gasteiger partial charge in [-0.15, -0.1) is 0 Å². The van der Waals surface area contributed by atoms with E-state index in [1.54, 1.807) is 7.11 Å².